The molecule has 0 aliphatic carbocycles. The van der Waals surface area contributed by atoms with E-state index in [9.17, 15) is 0 Å². The maximum atomic E-state index is 6.34. The van der Waals surface area contributed by atoms with Crippen LogP contribution in [0.15, 0.2) is 18.2 Å². The Morgan fingerprint density at radius 1 is 1.04 bits per heavy atom. The second-order valence-corrected chi connectivity index (χ2v) is 8.10. The van der Waals surface area contributed by atoms with Gasteiger partial charge in [-0.15, -0.1) is 0 Å². The largest absolute Gasteiger partial charge is 0.492 e. The highest BCUT2D eigenvalue weighted by Gasteiger charge is 2.26. The number of halogens is 1. The molecule has 2 rings (SSSR count). The number of likely N-dealkylation sites (N-methyl/N-ethyl adjacent to an activating group) is 1. The first-order valence-electron chi connectivity index (χ1n) is 9.49. The summed E-state index contributed by atoms with van der Waals surface area (Å²) in [6.45, 7) is 19.2. The van der Waals surface area contributed by atoms with Gasteiger partial charge in [0, 0.05) is 55.0 Å². The van der Waals surface area contributed by atoms with E-state index in [0.29, 0.717) is 6.61 Å². The first-order valence-corrected chi connectivity index (χ1v) is 9.87. The van der Waals surface area contributed by atoms with Crippen LogP contribution in [0.1, 0.15) is 34.6 Å². The molecule has 5 heteroatoms. The summed E-state index contributed by atoms with van der Waals surface area (Å²) < 4.78 is 5.96. The van der Waals surface area contributed by atoms with Crippen molar-refractivity contribution in [1.29, 1.82) is 0 Å². The number of ether oxygens (including phenoxy) is 1. The van der Waals surface area contributed by atoms with Gasteiger partial charge in [0.05, 0.1) is 0 Å². The number of piperazine rings is 1. The van der Waals surface area contributed by atoms with Gasteiger partial charge in [0.25, 0.3) is 0 Å². The molecule has 0 aromatic heterocycles. The molecular formula is C20H34ClN3O. The Kier molecular flexibility index (Phi) is 7.41. The van der Waals surface area contributed by atoms with Crippen LogP contribution in [0.2, 0.25) is 5.02 Å². The number of rotatable bonds is 7. The van der Waals surface area contributed by atoms with E-state index in [1.807, 2.05) is 12.1 Å². The van der Waals surface area contributed by atoms with Crippen molar-refractivity contribution in [3.63, 3.8) is 0 Å². The summed E-state index contributed by atoms with van der Waals surface area (Å²) in [6.07, 6.45) is 0. The van der Waals surface area contributed by atoms with Gasteiger partial charge in [-0.1, -0.05) is 25.4 Å². The lowest BCUT2D eigenvalue weighted by molar-refractivity contribution is 0.128. The normalized spacial score (nSPS) is 16.5. The van der Waals surface area contributed by atoms with E-state index in [1.54, 1.807) is 0 Å². The minimum absolute atomic E-state index is 0.235. The molecule has 0 unspecified atom stereocenters. The predicted octanol–water partition coefficient (Wildman–Crippen LogP) is 3.98. The van der Waals surface area contributed by atoms with Gasteiger partial charge < -0.3 is 14.5 Å². The highest BCUT2D eigenvalue weighted by Crippen LogP contribution is 2.28. The summed E-state index contributed by atoms with van der Waals surface area (Å²) in [4.78, 5) is 7.30. The highest BCUT2D eigenvalue weighted by molar-refractivity contribution is 6.31. The maximum absolute atomic E-state index is 6.34. The molecule has 142 valence electrons. The summed E-state index contributed by atoms with van der Waals surface area (Å²) in [7, 11) is 0. The fraction of sp³-hybridized carbons (Fsp3) is 0.700. The van der Waals surface area contributed by atoms with E-state index in [4.69, 9.17) is 16.3 Å². The summed E-state index contributed by atoms with van der Waals surface area (Å²) in [5, 5.41) is 0.744. The van der Waals surface area contributed by atoms with Crippen molar-refractivity contribution in [2.24, 2.45) is 0 Å². The maximum Gasteiger partial charge on any atom is 0.122 e. The van der Waals surface area contributed by atoms with Crippen LogP contribution in [0.4, 0.5) is 5.69 Å². The molecule has 1 aliphatic heterocycles. The molecule has 0 saturated carbocycles. The van der Waals surface area contributed by atoms with Gasteiger partial charge in [0.15, 0.2) is 0 Å². The summed E-state index contributed by atoms with van der Waals surface area (Å²) in [6, 6.07) is 6.09. The lowest BCUT2D eigenvalue weighted by atomic mass is 10.0. The van der Waals surface area contributed by atoms with Crippen LogP contribution in [-0.4, -0.2) is 67.8 Å². The van der Waals surface area contributed by atoms with E-state index in [-0.39, 0.29) is 5.54 Å². The van der Waals surface area contributed by atoms with E-state index >= 15 is 0 Å². The Morgan fingerprint density at radius 3 is 2.24 bits per heavy atom. The number of hydrogen-bond donors (Lipinski definition) is 0. The van der Waals surface area contributed by atoms with Crippen molar-refractivity contribution in [3.8, 4) is 5.75 Å². The zero-order valence-electron chi connectivity index (χ0n) is 16.5. The van der Waals surface area contributed by atoms with Crippen LogP contribution < -0.4 is 9.64 Å². The van der Waals surface area contributed by atoms with E-state index in [2.05, 4.69) is 55.4 Å². The van der Waals surface area contributed by atoms with Crippen LogP contribution in [-0.2, 0) is 0 Å². The molecule has 1 fully saturated rings. The van der Waals surface area contributed by atoms with Gasteiger partial charge in [-0.2, -0.15) is 0 Å². The fourth-order valence-electron chi connectivity index (χ4n) is 3.28. The second-order valence-electron chi connectivity index (χ2n) is 7.67. The van der Waals surface area contributed by atoms with Crippen molar-refractivity contribution in [1.82, 2.24) is 9.80 Å². The minimum Gasteiger partial charge on any atom is -0.492 e. The second kappa shape index (κ2) is 9.11. The smallest absolute Gasteiger partial charge is 0.122 e. The molecule has 1 aliphatic rings. The molecule has 0 amide bonds. The average molecular weight is 368 g/mol. The highest BCUT2D eigenvalue weighted by atomic mass is 35.5. The summed E-state index contributed by atoms with van der Waals surface area (Å²) >= 11 is 6.34. The number of anilines is 1. The van der Waals surface area contributed by atoms with Crippen molar-refractivity contribution in [2.45, 2.75) is 40.2 Å². The minimum atomic E-state index is 0.235. The third-order valence-corrected chi connectivity index (χ3v) is 5.24. The van der Waals surface area contributed by atoms with E-state index < -0.39 is 0 Å². The number of nitrogens with zero attached hydrogens (tertiary/aromatic N) is 3. The average Bonchev–Trinajstić information content (AvgIpc) is 2.57. The van der Waals surface area contributed by atoms with Gasteiger partial charge in [0.1, 0.15) is 12.4 Å². The molecule has 4 nitrogen and oxygen atoms in total. The Morgan fingerprint density at radius 2 is 1.68 bits per heavy atom. The van der Waals surface area contributed by atoms with Crippen LogP contribution >= 0.6 is 11.6 Å². The first kappa shape index (κ1) is 20.3. The SMILES string of the molecule is CCN(CC)CCOc1cc(Cl)cc(N2CCN(C(C)(C)C)CC2)c1. The van der Waals surface area contributed by atoms with Gasteiger partial charge in [-0.25, -0.2) is 0 Å². The van der Waals surface area contributed by atoms with Crippen molar-refractivity contribution in [3.05, 3.63) is 23.2 Å². The van der Waals surface area contributed by atoms with Gasteiger partial charge >= 0.3 is 0 Å². The van der Waals surface area contributed by atoms with Crippen LogP contribution in [0, 0.1) is 0 Å². The Labute approximate surface area is 158 Å². The molecule has 1 aromatic carbocycles. The zero-order valence-corrected chi connectivity index (χ0v) is 17.3. The number of hydrogen-bond acceptors (Lipinski definition) is 4. The van der Waals surface area contributed by atoms with E-state index in [1.165, 1.54) is 5.69 Å². The predicted molar refractivity (Wildman–Crippen MR) is 108 cm³/mol. The van der Waals surface area contributed by atoms with Crippen LogP contribution in [0.25, 0.3) is 0 Å². The molecule has 0 bridgehead atoms. The number of benzene rings is 1. The molecule has 0 spiro atoms. The molecule has 1 saturated heterocycles. The molecule has 0 atom stereocenters. The van der Waals surface area contributed by atoms with Crippen LogP contribution in [0.5, 0.6) is 5.75 Å². The van der Waals surface area contributed by atoms with Crippen molar-refractivity contribution in [2.75, 3.05) is 57.3 Å². The van der Waals surface area contributed by atoms with Crippen molar-refractivity contribution < 1.29 is 4.74 Å². The molecule has 0 N–H and O–H groups in total. The molecular weight excluding hydrogens is 334 g/mol. The lowest BCUT2D eigenvalue weighted by Crippen LogP contribution is -2.53. The lowest BCUT2D eigenvalue weighted by Gasteiger charge is -2.43. The van der Waals surface area contributed by atoms with Crippen molar-refractivity contribution >= 4 is 17.3 Å². The standard InChI is InChI=1S/C20H34ClN3O/c1-6-22(7-2)12-13-25-19-15-17(21)14-18(16-19)23-8-10-24(11-9-23)20(3,4)5/h14-16H,6-13H2,1-5H3. The molecule has 25 heavy (non-hydrogen) atoms. The van der Waals surface area contributed by atoms with Gasteiger partial charge in [-0.3, -0.25) is 4.90 Å². The Balaban J connectivity index is 1.95. The van der Waals surface area contributed by atoms with Gasteiger partial charge in [-0.05, 0) is 46.0 Å². The molecule has 1 heterocycles. The zero-order chi connectivity index (χ0) is 18.4. The quantitative estimate of drug-likeness (QED) is 0.725. The first-order chi connectivity index (χ1) is 11.8. The van der Waals surface area contributed by atoms with E-state index in [0.717, 1.165) is 56.6 Å². The molecule has 0 radical (unpaired) electrons. The monoisotopic (exact) mass is 367 g/mol. The Hall–Kier alpha value is -0.970. The summed E-state index contributed by atoms with van der Waals surface area (Å²) in [5.74, 6) is 0.868. The summed E-state index contributed by atoms with van der Waals surface area (Å²) in [5.41, 5.74) is 1.40. The Bertz CT molecular complexity index is 532. The fourth-order valence-corrected chi connectivity index (χ4v) is 3.50. The third kappa shape index (κ3) is 6.05. The van der Waals surface area contributed by atoms with Gasteiger partial charge in [0.2, 0.25) is 0 Å². The topological polar surface area (TPSA) is 19.0 Å². The van der Waals surface area contributed by atoms with Crippen LogP contribution in [0.3, 0.4) is 0 Å². The third-order valence-electron chi connectivity index (χ3n) is 5.02. The molecule has 1 aromatic rings.